The van der Waals surface area contributed by atoms with Gasteiger partial charge in [-0.05, 0) is 25.8 Å². The van der Waals surface area contributed by atoms with Crippen LogP contribution in [0.25, 0.3) is 0 Å². The van der Waals surface area contributed by atoms with Crippen LogP contribution in [-0.2, 0) is 6.54 Å². The van der Waals surface area contributed by atoms with Gasteiger partial charge in [0.2, 0.25) is 0 Å². The minimum atomic E-state index is 0.252. The maximum Gasteiger partial charge on any atom is 0.162 e. The number of nitrogens with zero attached hydrogens (tertiary/aromatic N) is 1. The third kappa shape index (κ3) is 2.76. The van der Waals surface area contributed by atoms with Crippen LogP contribution in [0.5, 0.6) is 11.5 Å². The number of phenolic OH excluding ortho intramolecular Hbond substituents is 1. The molecule has 0 saturated carbocycles. The highest BCUT2D eigenvalue weighted by Crippen LogP contribution is 2.31. The molecule has 0 spiro atoms. The highest BCUT2D eigenvalue weighted by molar-refractivity contribution is 5.45. The summed E-state index contributed by atoms with van der Waals surface area (Å²) < 4.78 is 5.13. The molecule has 2 unspecified atom stereocenters. The van der Waals surface area contributed by atoms with Crippen LogP contribution in [0, 0.1) is 0 Å². The normalized spacial score (nSPS) is 25.1. The minimum absolute atomic E-state index is 0.252. The van der Waals surface area contributed by atoms with Crippen molar-refractivity contribution in [3.63, 3.8) is 0 Å². The molecule has 1 aliphatic heterocycles. The molecular formula is C14H22N2O2. The number of aromatic hydroxyl groups is 1. The van der Waals surface area contributed by atoms with Gasteiger partial charge in [0.15, 0.2) is 11.5 Å². The van der Waals surface area contributed by atoms with Crippen LogP contribution in [0.3, 0.4) is 0 Å². The van der Waals surface area contributed by atoms with Crippen LogP contribution in [0.1, 0.15) is 25.3 Å². The Morgan fingerprint density at radius 2 is 2.28 bits per heavy atom. The van der Waals surface area contributed by atoms with Gasteiger partial charge in [-0.15, -0.1) is 0 Å². The van der Waals surface area contributed by atoms with Crippen molar-refractivity contribution in [1.29, 1.82) is 0 Å². The molecule has 2 rings (SSSR count). The number of piperidine rings is 1. The molecule has 2 atom stereocenters. The number of hydrogen-bond acceptors (Lipinski definition) is 4. The van der Waals surface area contributed by atoms with Crippen LogP contribution in [0.15, 0.2) is 18.2 Å². The molecule has 0 aromatic heterocycles. The Morgan fingerprint density at radius 1 is 1.50 bits per heavy atom. The fourth-order valence-corrected chi connectivity index (χ4v) is 2.57. The molecule has 1 aromatic carbocycles. The second kappa shape index (κ2) is 5.59. The third-order valence-electron chi connectivity index (χ3n) is 3.73. The van der Waals surface area contributed by atoms with Gasteiger partial charge in [-0.2, -0.15) is 0 Å². The molecule has 0 amide bonds. The van der Waals surface area contributed by atoms with Gasteiger partial charge in [0, 0.05) is 30.7 Å². The maximum atomic E-state index is 10.1. The predicted molar refractivity (Wildman–Crippen MR) is 71.7 cm³/mol. The number of hydrogen-bond donors (Lipinski definition) is 2. The Bertz CT molecular complexity index is 409. The smallest absolute Gasteiger partial charge is 0.162 e. The van der Waals surface area contributed by atoms with E-state index in [0.717, 1.165) is 31.5 Å². The molecular weight excluding hydrogens is 228 g/mol. The number of rotatable bonds is 3. The Morgan fingerprint density at radius 3 is 2.94 bits per heavy atom. The van der Waals surface area contributed by atoms with E-state index in [4.69, 9.17) is 10.5 Å². The topological polar surface area (TPSA) is 58.7 Å². The summed E-state index contributed by atoms with van der Waals surface area (Å²) in [7, 11) is 1.57. The lowest BCUT2D eigenvalue weighted by Gasteiger charge is -2.36. The number of para-hydroxylation sites is 1. The van der Waals surface area contributed by atoms with Crippen molar-refractivity contribution in [2.75, 3.05) is 13.7 Å². The summed E-state index contributed by atoms with van der Waals surface area (Å²) in [6.07, 6.45) is 2.04. The van der Waals surface area contributed by atoms with Gasteiger partial charge in [0.05, 0.1) is 7.11 Å². The van der Waals surface area contributed by atoms with Crippen LogP contribution in [0.4, 0.5) is 0 Å². The van der Waals surface area contributed by atoms with Gasteiger partial charge in [-0.3, -0.25) is 4.90 Å². The molecule has 4 nitrogen and oxygen atoms in total. The van der Waals surface area contributed by atoms with E-state index in [1.807, 2.05) is 12.1 Å². The minimum Gasteiger partial charge on any atom is -0.504 e. The first-order chi connectivity index (χ1) is 8.61. The Balaban J connectivity index is 2.09. The fraction of sp³-hybridized carbons (Fsp3) is 0.571. The summed E-state index contributed by atoms with van der Waals surface area (Å²) in [5.74, 6) is 0.788. The van der Waals surface area contributed by atoms with E-state index in [2.05, 4.69) is 11.8 Å². The molecule has 100 valence electrons. The molecule has 1 saturated heterocycles. The van der Waals surface area contributed by atoms with E-state index >= 15 is 0 Å². The molecule has 18 heavy (non-hydrogen) atoms. The summed E-state index contributed by atoms with van der Waals surface area (Å²) in [6.45, 7) is 3.92. The molecule has 1 fully saturated rings. The number of likely N-dealkylation sites (tertiary alicyclic amines) is 1. The Hall–Kier alpha value is -1.26. The van der Waals surface area contributed by atoms with Crippen molar-refractivity contribution in [1.82, 2.24) is 4.90 Å². The predicted octanol–water partition coefficient (Wildman–Crippen LogP) is 1.71. The SMILES string of the molecule is COc1cccc(CN2CCC(N)CC2C)c1O. The van der Waals surface area contributed by atoms with Gasteiger partial charge >= 0.3 is 0 Å². The summed E-state index contributed by atoms with van der Waals surface area (Å²) in [6, 6.07) is 6.40. The first kappa shape index (κ1) is 13.2. The maximum absolute atomic E-state index is 10.1. The van der Waals surface area contributed by atoms with Crippen molar-refractivity contribution < 1.29 is 9.84 Å². The summed E-state index contributed by atoms with van der Waals surface area (Å²) in [5, 5.41) is 10.1. The lowest BCUT2D eigenvalue weighted by Crippen LogP contribution is -2.44. The number of nitrogens with two attached hydrogens (primary N) is 1. The lowest BCUT2D eigenvalue weighted by atomic mass is 9.98. The van der Waals surface area contributed by atoms with Crippen LogP contribution >= 0.6 is 0 Å². The van der Waals surface area contributed by atoms with Gasteiger partial charge in [0.25, 0.3) is 0 Å². The number of methoxy groups -OCH3 is 1. The lowest BCUT2D eigenvalue weighted by molar-refractivity contribution is 0.138. The highest BCUT2D eigenvalue weighted by Gasteiger charge is 2.24. The molecule has 3 N–H and O–H groups in total. The van der Waals surface area contributed by atoms with E-state index in [1.165, 1.54) is 0 Å². The van der Waals surface area contributed by atoms with Crippen molar-refractivity contribution in [2.24, 2.45) is 5.73 Å². The summed E-state index contributed by atoms with van der Waals surface area (Å²) >= 11 is 0. The molecule has 1 aliphatic rings. The van der Waals surface area contributed by atoms with E-state index in [0.29, 0.717) is 17.8 Å². The highest BCUT2D eigenvalue weighted by atomic mass is 16.5. The van der Waals surface area contributed by atoms with Gasteiger partial charge < -0.3 is 15.6 Å². The van der Waals surface area contributed by atoms with E-state index < -0.39 is 0 Å². The number of ether oxygens (including phenoxy) is 1. The zero-order valence-electron chi connectivity index (χ0n) is 11.1. The summed E-state index contributed by atoms with van der Waals surface area (Å²) in [5.41, 5.74) is 6.87. The second-order valence-corrected chi connectivity index (χ2v) is 5.07. The molecule has 1 heterocycles. The zero-order chi connectivity index (χ0) is 13.1. The van der Waals surface area contributed by atoms with Crippen molar-refractivity contribution >= 4 is 0 Å². The van der Waals surface area contributed by atoms with Crippen molar-refractivity contribution in [2.45, 2.75) is 38.4 Å². The van der Waals surface area contributed by atoms with Crippen LogP contribution < -0.4 is 10.5 Å². The molecule has 4 heteroatoms. The van der Waals surface area contributed by atoms with E-state index in [-0.39, 0.29) is 5.75 Å². The Labute approximate surface area is 108 Å². The van der Waals surface area contributed by atoms with E-state index in [1.54, 1.807) is 13.2 Å². The quantitative estimate of drug-likeness (QED) is 0.857. The first-order valence-corrected chi connectivity index (χ1v) is 6.46. The number of benzene rings is 1. The standard InChI is InChI=1S/C14H22N2O2/c1-10-8-12(15)6-7-16(10)9-11-4-3-5-13(18-2)14(11)17/h3-5,10,12,17H,6-9,15H2,1-2H3. The van der Waals surface area contributed by atoms with E-state index in [9.17, 15) is 5.11 Å². The van der Waals surface area contributed by atoms with Gasteiger partial charge in [-0.1, -0.05) is 12.1 Å². The molecule has 1 aromatic rings. The van der Waals surface area contributed by atoms with Crippen molar-refractivity contribution in [3.8, 4) is 11.5 Å². The average molecular weight is 250 g/mol. The molecule has 0 radical (unpaired) electrons. The third-order valence-corrected chi connectivity index (χ3v) is 3.73. The molecule has 0 bridgehead atoms. The first-order valence-electron chi connectivity index (χ1n) is 6.46. The van der Waals surface area contributed by atoms with Crippen molar-refractivity contribution in [3.05, 3.63) is 23.8 Å². The second-order valence-electron chi connectivity index (χ2n) is 5.07. The molecule has 0 aliphatic carbocycles. The number of phenols is 1. The Kier molecular flexibility index (Phi) is 4.09. The summed E-state index contributed by atoms with van der Waals surface area (Å²) in [4.78, 5) is 2.36. The zero-order valence-corrected chi connectivity index (χ0v) is 11.1. The average Bonchev–Trinajstić information content (AvgIpc) is 2.35. The van der Waals surface area contributed by atoms with Gasteiger partial charge in [0.1, 0.15) is 0 Å². The van der Waals surface area contributed by atoms with Crippen LogP contribution in [0.2, 0.25) is 0 Å². The van der Waals surface area contributed by atoms with Gasteiger partial charge in [-0.25, -0.2) is 0 Å². The monoisotopic (exact) mass is 250 g/mol. The largest absolute Gasteiger partial charge is 0.504 e. The fourth-order valence-electron chi connectivity index (χ4n) is 2.57. The van der Waals surface area contributed by atoms with Crippen LogP contribution in [-0.4, -0.2) is 35.7 Å².